The maximum Gasteiger partial charge on any atom is 0.229 e. The highest BCUT2D eigenvalue weighted by Crippen LogP contribution is 2.36. The van der Waals surface area contributed by atoms with Gasteiger partial charge in [-0.15, -0.1) is 0 Å². The third kappa shape index (κ3) is 3.90. The Morgan fingerprint density at radius 2 is 1.87 bits per heavy atom. The summed E-state index contributed by atoms with van der Waals surface area (Å²) < 4.78 is 5.78. The molecule has 0 bridgehead atoms. The number of aryl methyl sites for hydroxylation is 2. The van der Waals surface area contributed by atoms with Gasteiger partial charge < -0.3 is 15.0 Å². The Labute approximate surface area is 180 Å². The largest absolute Gasteiger partial charge is 0.486 e. The summed E-state index contributed by atoms with van der Waals surface area (Å²) in [5.74, 6) is 1.94. The van der Waals surface area contributed by atoms with Gasteiger partial charge in [-0.1, -0.05) is 18.2 Å². The molecule has 0 atom stereocenters. The minimum absolute atomic E-state index is 0.497. The van der Waals surface area contributed by atoms with E-state index in [4.69, 9.17) is 9.72 Å². The molecule has 0 amide bonds. The average Bonchev–Trinajstić information content (AvgIpc) is 2.80. The maximum atomic E-state index is 5.78. The summed E-state index contributed by atoms with van der Waals surface area (Å²) in [4.78, 5) is 20.1. The van der Waals surface area contributed by atoms with Gasteiger partial charge in [-0.25, -0.2) is 4.98 Å². The number of nitrogens with one attached hydrogen (secondary N) is 1. The Morgan fingerprint density at radius 3 is 2.68 bits per heavy atom. The standard InChI is InChI=1S/C24H22N6O/c1-16-5-3-4-6-21(16)30-11-12-31-22-15-27-24(29-23(22)30)28-19-7-8-20(26-14-19)18-9-10-25-17(2)13-18/h3-10,13-15H,11-12H2,1-2H3,(H,27,28,29). The molecule has 1 aliphatic heterocycles. The monoisotopic (exact) mass is 410 g/mol. The fourth-order valence-corrected chi connectivity index (χ4v) is 3.64. The molecule has 7 heteroatoms. The summed E-state index contributed by atoms with van der Waals surface area (Å²) in [6.45, 7) is 5.40. The molecular formula is C24H22N6O. The van der Waals surface area contributed by atoms with Crippen molar-refractivity contribution in [3.8, 4) is 17.0 Å². The van der Waals surface area contributed by atoms with Crippen molar-refractivity contribution in [1.29, 1.82) is 0 Å². The Kier molecular flexibility index (Phi) is 4.92. The van der Waals surface area contributed by atoms with Gasteiger partial charge in [-0.05, 0) is 49.7 Å². The van der Waals surface area contributed by atoms with E-state index in [1.807, 2.05) is 43.3 Å². The molecule has 0 radical (unpaired) electrons. The first-order valence-electron chi connectivity index (χ1n) is 10.2. The molecule has 0 saturated carbocycles. The van der Waals surface area contributed by atoms with Crippen LogP contribution in [0.5, 0.6) is 5.75 Å². The smallest absolute Gasteiger partial charge is 0.229 e. The van der Waals surface area contributed by atoms with E-state index < -0.39 is 0 Å². The summed E-state index contributed by atoms with van der Waals surface area (Å²) >= 11 is 0. The number of nitrogens with zero attached hydrogens (tertiary/aromatic N) is 5. The molecule has 0 aliphatic carbocycles. The molecule has 4 heterocycles. The molecule has 0 spiro atoms. The van der Waals surface area contributed by atoms with Crippen LogP contribution in [0.1, 0.15) is 11.3 Å². The molecule has 7 nitrogen and oxygen atoms in total. The van der Waals surface area contributed by atoms with Gasteiger partial charge in [-0.2, -0.15) is 4.98 Å². The van der Waals surface area contributed by atoms with Crippen LogP contribution in [-0.4, -0.2) is 33.1 Å². The number of benzene rings is 1. The van der Waals surface area contributed by atoms with E-state index in [0.29, 0.717) is 18.3 Å². The molecule has 1 N–H and O–H groups in total. The van der Waals surface area contributed by atoms with Crippen molar-refractivity contribution in [3.05, 3.63) is 78.4 Å². The molecule has 1 aromatic carbocycles. The lowest BCUT2D eigenvalue weighted by molar-refractivity contribution is 0.310. The van der Waals surface area contributed by atoms with Crippen LogP contribution in [0.4, 0.5) is 23.1 Å². The predicted molar refractivity (Wildman–Crippen MR) is 121 cm³/mol. The molecular weight excluding hydrogens is 388 g/mol. The van der Waals surface area contributed by atoms with Crippen LogP contribution in [0, 0.1) is 13.8 Å². The molecule has 31 heavy (non-hydrogen) atoms. The van der Waals surface area contributed by atoms with E-state index in [0.717, 1.165) is 40.7 Å². The third-order valence-electron chi connectivity index (χ3n) is 5.18. The first-order valence-corrected chi connectivity index (χ1v) is 10.2. The zero-order valence-electron chi connectivity index (χ0n) is 17.4. The van der Waals surface area contributed by atoms with E-state index >= 15 is 0 Å². The van der Waals surface area contributed by atoms with E-state index in [2.05, 4.69) is 44.2 Å². The van der Waals surface area contributed by atoms with Crippen molar-refractivity contribution in [2.75, 3.05) is 23.4 Å². The summed E-state index contributed by atoms with van der Waals surface area (Å²) in [5.41, 5.74) is 6.01. The zero-order chi connectivity index (χ0) is 21.2. The molecule has 1 aliphatic rings. The van der Waals surface area contributed by atoms with E-state index in [1.54, 1.807) is 18.6 Å². The van der Waals surface area contributed by atoms with Crippen LogP contribution in [0.3, 0.4) is 0 Å². The highest BCUT2D eigenvalue weighted by Gasteiger charge is 2.23. The molecule has 3 aromatic heterocycles. The number of hydrogen-bond acceptors (Lipinski definition) is 7. The SMILES string of the molecule is Cc1cc(-c2ccc(Nc3ncc4c(n3)N(c3ccccc3C)CCO4)cn2)ccn1. The minimum atomic E-state index is 0.497. The topological polar surface area (TPSA) is 76.1 Å². The van der Waals surface area contributed by atoms with Gasteiger partial charge >= 0.3 is 0 Å². The van der Waals surface area contributed by atoms with Gasteiger partial charge in [0.05, 0.1) is 30.3 Å². The van der Waals surface area contributed by atoms with Gasteiger partial charge in [0.15, 0.2) is 11.6 Å². The fourth-order valence-electron chi connectivity index (χ4n) is 3.64. The van der Waals surface area contributed by atoms with Gasteiger partial charge in [0, 0.05) is 23.1 Å². The van der Waals surface area contributed by atoms with Crippen LogP contribution >= 0.6 is 0 Å². The Bertz CT molecular complexity index is 1220. The lowest BCUT2D eigenvalue weighted by Crippen LogP contribution is -2.30. The first-order chi connectivity index (χ1) is 15.2. The Hall–Kier alpha value is -4.00. The molecule has 0 unspecified atom stereocenters. The minimum Gasteiger partial charge on any atom is -0.486 e. The molecule has 0 saturated heterocycles. The second kappa shape index (κ2) is 8.02. The lowest BCUT2D eigenvalue weighted by Gasteiger charge is -2.31. The van der Waals surface area contributed by atoms with Crippen molar-refractivity contribution in [3.63, 3.8) is 0 Å². The van der Waals surface area contributed by atoms with Crippen molar-refractivity contribution < 1.29 is 4.74 Å². The third-order valence-corrected chi connectivity index (χ3v) is 5.18. The molecule has 0 fully saturated rings. The van der Waals surface area contributed by atoms with Gasteiger partial charge in [0.2, 0.25) is 5.95 Å². The van der Waals surface area contributed by atoms with Gasteiger partial charge in [0.25, 0.3) is 0 Å². The molecule has 5 rings (SSSR count). The second-order valence-electron chi connectivity index (χ2n) is 7.41. The van der Waals surface area contributed by atoms with Crippen molar-refractivity contribution >= 4 is 23.1 Å². The van der Waals surface area contributed by atoms with Crippen LogP contribution in [0.15, 0.2) is 67.1 Å². The first kappa shape index (κ1) is 19.0. The summed E-state index contributed by atoms with van der Waals surface area (Å²) in [6.07, 6.45) is 5.29. The lowest BCUT2D eigenvalue weighted by atomic mass is 10.1. The number of hydrogen-bond donors (Lipinski definition) is 1. The number of fused-ring (bicyclic) bond motifs is 1. The van der Waals surface area contributed by atoms with Crippen LogP contribution in [0.25, 0.3) is 11.3 Å². The molecule has 4 aromatic rings. The number of pyridine rings is 2. The highest BCUT2D eigenvalue weighted by atomic mass is 16.5. The van der Waals surface area contributed by atoms with E-state index in [1.165, 1.54) is 5.56 Å². The number of aromatic nitrogens is 4. The summed E-state index contributed by atoms with van der Waals surface area (Å²) in [6, 6.07) is 16.2. The number of rotatable bonds is 4. The van der Waals surface area contributed by atoms with E-state index in [-0.39, 0.29) is 0 Å². The Balaban J connectivity index is 1.41. The normalized spacial score (nSPS) is 12.8. The van der Waals surface area contributed by atoms with Crippen LogP contribution < -0.4 is 15.0 Å². The number of ether oxygens (including phenoxy) is 1. The van der Waals surface area contributed by atoms with Crippen molar-refractivity contribution in [2.45, 2.75) is 13.8 Å². The highest BCUT2D eigenvalue weighted by molar-refractivity contribution is 5.70. The van der Waals surface area contributed by atoms with Gasteiger partial charge in [-0.3, -0.25) is 9.97 Å². The predicted octanol–water partition coefficient (Wildman–Crippen LogP) is 4.82. The summed E-state index contributed by atoms with van der Waals surface area (Å²) in [5, 5.41) is 3.25. The average molecular weight is 410 g/mol. The number of anilines is 4. The second-order valence-corrected chi connectivity index (χ2v) is 7.41. The van der Waals surface area contributed by atoms with Crippen molar-refractivity contribution in [2.24, 2.45) is 0 Å². The Morgan fingerprint density at radius 1 is 0.968 bits per heavy atom. The van der Waals surface area contributed by atoms with Crippen LogP contribution in [-0.2, 0) is 0 Å². The maximum absolute atomic E-state index is 5.78. The zero-order valence-corrected chi connectivity index (χ0v) is 17.4. The quantitative estimate of drug-likeness (QED) is 0.517. The number of para-hydroxylation sites is 1. The summed E-state index contributed by atoms with van der Waals surface area (Å²) in [7, 11) is 0. The van der Waals surface area contributed by atoms with Crippen LogP contribution in [0.2, 0.25) is 0 Å². The fraction of sp³-hybridized carbons (Fsp3) is 0.167. The van der Waals surface area contributed by atoms with Crippen molar-refractivity contribution in [1.82, 2.24) is 19.9 Å². The van der Waals surface area contributed by atoms with E-state index in [9.17, 15) is 0 Å². The van der Waals surface area contributed by atoms with Gasteiger partial charge in [0.1, 0.15) is 6.61 Å². The molecule has 154 valence electrons.